The van der Waals surface area contributed by atoms with Crippen molar-refractivity contribution in [1.82, 2.24) is 9.97 Å². The average molecular weight is 347 g/mol. The monoisotopic (exact) mass is 347 g/mol. The number of hydrogen-bond acceptors (Lipinski definition) is 8. The Hall–Kier alpha value is -3.43. The maximum absolute atomic E-state index is 11.7. The van der Waals surface area contributed by atoms with E-state index in [-0.39, 0.29) is 28.7 Å². The Labute approximate surface area is 142 Å². The van der Waals surface area contributed by atoms with Crippen LogP contribution in [-0.4, -0.2) is 35.3 Å². The largest absolute Gasteiger partial charge is 0.493 e. The Morgan fingerprint density at radius 1 is 1.32 bits per heavy atom. The highest BCUT2D eigenvalue weighted by Gasteiger charge is 2.21. The molecule has 0 amide bonds. The summed E-state index contributed by atoms with van der Waals surface area (Å²) in [5, 5.41) is 15.1. The molecule has 2 aromatic rings. The molecule has 0 spiro atoms. The quantitative estimate of drug-likeness (QED) is 0.462. The van der Waals surface area contributed by atoms with Crippen LogP contribution in [0.4, 0.5) is 11.6 Å². The molecule has 25 heavy (non-hydrogen) atoms. The van der Waals surface area contributed by atoms with Gasteiger partial charge in [-0.15, -0.1) is 0 Å². The van der Waals surface area contributed by atoms with Crippen LogP contribution in [0.3, 0.4) is 0 Å². The molecule has 0 aliphatic rings. The number of methoxy groups -OCH3 is 2. The van der Waals surface area contributed by atoms with Gasteiger partial charge in [0.25, 0.3) is 5.56 Å². The fraction of sp³-hybridized carbons (Fsp3) is 0.267. The van der Waals surface area contributed by atoms with Crippen LogP contribution in [0, 0.1) is 24.0 Å². The highest BCUT2D eigenvalue weighted by Crippen LogP contribution is 2.37. The first kappa shape index (κ1) is 17.9. The van der Waals surface area contributed by atoms with Crippen molar-refractivity contribution < 1.29 is 14.4 Å². The summed E-state index contributed by atoms with van der Waals surface area (Å²) < 4.78 is 10.1. The van der Waals surface area contributed by atoms with Crippen LogP contribution in [-0.2, 0) is 0 Å². The summed E-state index contributed by atoms with van der Waals surface area (Å²) >= 11 is 0. The first-order valence-electron chi connectivity index (χ1n) is 7.14. The second kappa shape index (κ2) is 7.43. The second-order valence-corrected chi connectivity index (χ2v) is 5.03. The molecule has 132 valence electrons. The maximum Gasteiger partial charge on any atom is 0.315 e. The van der Waals surface area contributed by atoms with Crippen molar-refractivity contribution in [3.8, 4) is 11.5 Å². The molecule has 10 nitrogen and oxygen atoms in total. The second-order valence-electron chi connectivity index (χ2n) is 5.03. The standard InChI is InChI=1S/C15H17N5O5/c1-8-9(2)17-15(18-14(8)21)19-16-7-10-5-11(20(22)23)13(25-4)12(6-10)24-3/h5-7H,1-4H3,(H2,17,18,19,21)/b16-7-. The van der Waals surface area contributed by atoms with E-state index in [4.69, 9.17) is 9.47 Å². The van der Waals surface area contributed by atoms with Crippen LogP contribution in [0.25, 0.3) is 0 Å². The minimum Gasteiger partial charge on any atom is -0.493 e. The van der Waals surface area contributed by atoms with Crippen LogP contribution in [0.1, 0.15) is 16.8 Å². The molecule has 0 fully saturated rings. The molecule has 0 radical (unpaired) electrons. The lowest BCUT2D eigenvalue weighted by Gasteiger charge is -2.08. The van der Waals surface area contributed by atoms with Gasteiger partial charge >= 0.3 is 5.69 Å². The molecule has 0 aliphatic heterocycles. The summed E-state index contributed by atoms with van der Waals surface area (Å²) in [5.41, 5.74) is 3.55. The van der Waals surface area contributed by atoms with Gasteiger partial charge in [-0.3, -0.25) is 19.9 Å². The number of nitrogens with one attached hydrogen (secondary N) is 2. The van der Waals surface area contributed by atoms with Crippen molar-refractivity contribution >= 4 is 17.9 Å². The van der Waals surface area contributed by atoms with E-state index < -0.39 is 4.92 Å². The van der Waals surface area contributed by atoms with E-state index in [9.17, 15) is 14.9 Å². The molecule has 0 unspecified atom stereocenters. The predicted octanol–water partition coefficient (Wildman–Crippen LogP) is 1.76. The van der Waals surface area contributed by atoms with Crippen molar-refractivity contribution in [2.24, 2.45) is 5.10 Å². The Morgan fingerprint density at radius 3 is 2.60 bits per heavy atom. The van der Waals surface area contributed by atoms with Crippen molar-refractivity contribution in [2.45, 2.75) is 13.8 Å². The van der Waals surface area contributed by atoms with Gasteiger partial charge in [-0.25, -0.2) is 10.4 Å². The zero-order chi connectivity index (χ0) is 18.6. The third-order valence-corrected chi connectivity index (χ3v) is 3.46. The van der Waals surface area contributed by atoms with E-state index in [2.05, 4.69) is 20.5 Å². The number of aromatic nitrogens is 2. The molecular weight excluding hydrogens is 330 g/mol. The Kier molecular flexibility index (Phi) is 5.32. The molecule has 10 heteroatoms. The first-order valence-corrected chi connectivity index (χ1v) is 7.14. The lowest BCUT2D eigenvalue weighted by atomic mass is 10.2. The number of nitro benzene ring substituents is 1. The highest BCUT2D eigenvalue weighted by atomic mass is 16.6. The number of anilines is 1. The summed E-state index contributed by atoms with van der Waals surface area (Å²) in [6.07, 6.45) is 1.34. The number of hydrazone groups is 1. The lowest BCUT2D eigenvalue weighted by molar-refractivity contribution is -0.385. The molecule has 0 saturated heterocycles. The van der Waals surface area contributed by atoms with Crippen LogP contribution >= 0.6 is 0 Å². The maximum atomic E-state index is 11.7. The van der Waals surface area contributed by atoms with Gasteiger partial charge in [0.05, 0.1) is 25.4 Å². The number of nitrogens with zero attached hydrogens (tertiary/aromatic N) is 3. The number of rotatable bonds is 6. The van der Waals surface area contributed by atoms with E-state index in [1.54, 1.807) is 13.8 Å². The van der Waals surface area contributed by atoms with E-state index >= 15 is 0 Å². The number of ether oxygens (including phenoxy) is 2. The van der Waals surface area contributed by atoms with Crippen molar-refractivity contribution in [3.05, 3.63) is 49.4 Å². The average Bonchev–Trinajstić information content (AvgIpc) is 2.58. The van der Waals surface area contributed by atoms with E-state index in [1.807, 2.05) is 0 Å². The van der Waals surface area contributed by atoms with Crippen LogP contribution in [0.15, 0.2) is 22.0 Å². The molecule has 0 saturated carbocycles. The van der Waals surface area contributed by atoms with Crippen LogP contribution in [0.5, 0.6) is 11.5 Å². The zero-order valence-electron chi connectivity index (χ0n) is 14.1. The Balaban J connectivity index is 2.31. The van der Waals surface area contributed by atoms with Crippen molar-refractivity contribution in [1.29, 1.82) is 0 Å². The molecule has 0 aliphatic carbocycles. The number of aryl methyl sites for hydroxylation is 1. The molecule has 2 N–H and O–H groups in total. The van der Waals surface area contributed by atoms with Gasteiger partial charge < -0.3 is 9.47 Å². The predicted molar refractivity (Wildman–Crippen MR) is 91.7 cm³/mol. The van der Waals surface area contributed by atoms with Gasteiger partial charge in [0.15, 0.2) is 5.75 Å². The molecule has 1 heterocycles. The first-order chi connectivity index (χ1) is 11.9. The van der Waals surface area contributed by atoms with Crippen LogP contribution in [0.2, 0.25) is 0 Å². The lowest BCUT2D eigenvalue weighted by Crippen LogP contribution is -2.15. The number of benzene rings is 1. The smallest absolute Gasteiger partial charge is 0.315 e. The molecular formula is C15H17N5O5. The third kappa shape index (κ3) is 3.91. The highest BCUT2D eigenvalue weighted by molar-refractivity contribution is 5.83. The van der Waals surface area contributed by atoms with Crippen molar-refractivity contribution in [2.75, 3.05) is 19.6 Å². The SMILES string of the molecule is COc1cc(/C=N\Nc2nc(C)c(C)c(=O)[nH]2)cc([N+](=O)[O-])c1OC. The third-order valence-electron chi connectivity index (χ3n) is 3.46. The Bertz CT molecular complexity index is 891. The van der Waals surface area contributed by atoms with Gasteiger partial charge in [0, 0.05) is 22.9 Å². The van der Waals surface area contributed by atoms with E-state index in [0.29, 0.717) is 16.8 Å². The molecule has 0 bridgehead atoms. The van der Waals surface area contributed by atoms with Gasteiger partial charge in [-0.2, -0.15) is 5.10 Å². The minimum absolute atomic E-state index is 0.0257. The van der Waals surface area contributed by atoms with Gasteiger partial charge in [0.1, 0.15) is 0 Å². The summed E-state index contributed by atoms with van der Waals surface area (Å²) in [6.45, 7) is 3.37. The summed E-state index contributed by atoms with van der Waals surface area (Å²) in [5.74, 6) is 0.396. The molecule has 1 aromatic heterocycles. The Morgan fingerprint density at radius 2 is 2.04 bits per heavy atom. The van der Waals surface area contributed by atoms with Gasteiger partial charge in [-0.05, 0) is 19.9 Å². The topological polar surface area (TPSA) is 132 Å². The van der Waals surface area contributed by atoms with Crippen LogP contribution < -0.4 is 20.5 Å². The number of nitro groups is 1. The summed E-state index contributed by atoms with van der Waals surface area (Å²) in [7, 11) is 2.70. The van der Waals surface area contributed by atoms with Gasteiger partial charge in [0.2, 0.25) is 11.7 Å². The number of hydrogen-bond donors (Lipinski definition) is 2. The molecule has 2 rings (SSSR count). The number of aromatic amines is 1. The molecule has 0 atom stereocenters. The summed E-state index contributed by atoms with van der Waals surface area (Å²) in [4.78, 5) is 28.9. The van der Waals surface area contributed by atoms with Gasteiger partial charge in [-0.1, -0.05) is 0 Å². The fourth-order valence-electron chi connectivity index (χ4n) is 2.04. The van der Waals surface area contributed by atoms with E-state index in [0.717, 1.165) is 0 Å². The normalized spacial score (nSPS) is 10.7. The van der Waals surface area contributed by atoms with E-state index in [1.165, 1.54) is 32.6 Å². The zero-order valence-corrected chi connectivity index (χ0v) is 14.1. The fourth-order valence-corrected chi connectivity index (χ4v) is 2.04. The summed E-state index contributed by atoms with van der Waals surface area (Å²) in [6, 6.07) is 2.83. The minimum atomic E-state index is -0.575. The van der Waals surface area contributed by atoms with Crippen molar-refractivity contribution in [3.63, 3.8) is 0 Å². The number of H-pyrrole nitrogens is 1. The molecule has 1 aromatic carbocycles.